The number of imide groups is 1. The molecule has 0 aliphatic carbocycles. The van der Waals surface area contributed by atoms with Gasteiger partial charge in [0.2, 0.25) is 5.91 Å². The van der Waals surface area contributed by atoms with Crippen LogP contribution in [0.2, 0.25) is 0 Å². The molecule has 0 spiro atoms. The van der Waals surface area contributed by atoms with E-state index in [1.165, 1.54) is 43.5 Å². The smallest absolute Gasteiger partial charge is 0.311 e. The Kier molecular flexibility index (Phi) is 6.11. The fraction of sp³-hybridized carbons (Fsp3) is 0.105. The van der Waals surface area contributed by atoms with Crippen LogP contribution in [0.4, 0.5) is 20.6 Å². The maximum atomic E-state index is 12.9. The number of anilines is 1. The fourth-order valence-electron chi connectivity index (χ4n) is 2.60. The summed E-state index contributed by atoms with van der Waals surface area (Å²) in [7, 11) is 1.30. The number of halogens is 1. The average molecular weight is 431 g/mol. The number of hydrogen-bond acceptors (Lipinski definition) is 7. The summed E-state index contributed by atoms with van der Waals surface area (Å²) in [4.78, 5) is 48.1. The number of rotatable bonds is 6. The number of nitrogens with one attached hydrogen (secondary N) is 1. The van der Waals surface area contributed by atoms with Gasteiger partial charge in [0.15, 0.2) is 5.75 Å². The molecule has 2 aromatic carbocycles. The molecule has 0 aromatic heterocycles. The number of hydrogen-bond donors (Lipinski definition) is 1. The van der Waals surface area contributed by atoms with Crippen molar-refractivity contribution in [2.75, 3.05) is 19.0 Å². The van der Waals surface area contributed by atoms with E-state index < -0.39 is 34.3 Å². The van der Waals surface area contributed by atoms with Gasteiger partial charge in [-0.3, -0.25) is 29.4 Å². The molecule has 0 saturated carbocycles. The van der Waals surface area contributed by atoms with Gasteiger partial charge in [-0.2, -0.15) is 0 Å². The lowest BCUT2D eigenvalue weighted by Crippen LogP contribution is -2.36. The lowest BCUT2D eigenvalue weighted by Gasteiger charge is -2.12. The second kappa shape index (κ2) is 8.74. The van der Waals surface area contributed by atoms with Gasteiger partial charge in [0.1, 0.15) is 12.4 Å². The Morgan fingerprint density at radius 3 is 2.60 bits per heavy atom. The molecular formula is C19H14FN3O6S. The summed E-state index contributed by atoms with van der Waals surface area (Å²) in [5.74, 6) is -1.74. The lowest BCUT2D eigenvalue weighted by atomic mass is 10.1. The van der Waals surface area contributed by atoms with Crippen LogP contribution in [0.15, 0.2) is 47.4 Å². The Hall–Kier alpha value is -3.73. The molecule has 1 fully saturated rings. The number of ether oxygens (including phenoxy) is 1. The number of carbonyl (C=O) groups excluding carboxylic acids is 3. The van der Waals surface area contributed by atoms with Gasteiger partial charge < -0.3 is 10.1 Å². The summed E-state index contributed by atoms with van der Waals surface area (Å²) >= 11 is 0.619. The Labute approximate surface area is 173 Å². The van der Waals surface area contributed by atoms with Crippen molar-refractivity contribution in [3.8, 4) is 5.75 Å². The van der Waals surface area contributed by atoms with Crippen LogP contribution in [0.3, 0.4) is 0 Å². The third-order valence-corrected chi connectivity index (χ3v) is 4.91. The molecule has 0 atom stereocenters. The number of methoxy groups -OCH3 is 1. The van der Waals surface area contributed by atoms with Gasteiger partial charge in [0.25, 0.3) is 11.1 Å². The van der Waals surface area contributed by atoms with Crippen molar-refractivity contribution in [1.29, 1.82) is 0 Å². The van der Waals surface area contributed by atoms with Crippen LogP contribution < -0.4 is 10.1 Å². The van der Waals surface area contributed by atoms with E-state index >= 15 is 0 Å². The highest BCUT2D eigenvalue weighted by atomic mass is 32.2. The quantitative estimate of drug-likeness (QED) is 0.423. The van der Waals surface area contributed by atoms with Crippen molar-refractivity contribution in [3.05, 3.63) is 68.9 Å². The summed E-state index contributed by atoms with van der Waals surface area (Å²) in [5, 5.41) is 12.9. The summed E-state index contributed by atoms with van der Waals surface area (Å²) in [6.07, 6.45) is 1.33. The minimum atomic E-state index is -0.697. The number of benzene rings is 2. The van der Waals surface area contributed by atoms with Crippen molar-refractivity contribution in [3.63, 3.8) is 0 Å². The summed E-state index contributed by atoms with van der Waals surface area (Å²) in [5.41, 5.74) is 0.349. The zero-order valence-electron chi connectivity index (χ0n) is 15.5. The lowest BCUT2D eigenvalue weighted by molar-refractivity contribution is -0.385. The molecule has 1 heterocycles. The third-order valence-electron chi connectivity index (χ3n) is 4.00. The number of nitro groups is 1. The molecule has 1 aliphatic rings. The second-order valence-corrected chi connectivity index (χ2v) is 7.00. The van der Waals surface area contributed by atoms with Crippen LogP contribution in [-0.2, 0) is 9.59 Å². The van der Waals surface area contributed by atoms with Crippen LogP contribution in [0.5, 0.6) is 5.75 Å². The highest BCUT2D eigenvalue weighted by molar-refractivity contribution is 8.18. The molecule has 0 radical (unpaired) electrons. The summed E-state index contributed by atoms with van der Waals surface area (Å²) < 4.78 is 17.8. The monoisotopic (exact) mass is 431 g/mol. The first-order chi connectivity index (χ1) is 14.3. The first-order valence-corrected chi connectivity index (χ1v) is 9.23. The van der Waals surface area contributed by atoms with Crippen LogP contribution in [-0.4, -0.2) is 40.5 Å². The predicted molar refractivity (Wildman–Crippen MR) is 107 cm³/mol. The maximum Gasteiger partial charge on any atom is 0.311 e. The first kappa shape index (κ1) is 21.0. The van der Waals surface area contributed by atoms with Crippen LogP contribution in [0.1, 0.15) is 5.56 Å². The van der Waals surface area contributed by atoms with Gasteiger partial charge >= 0.3 is 5.69 Å². The van der Waals surface area contributed by atoms with Gasteiger partial charge in [-0.1, -0.05) is 6.07 Å². The van der Waals surface area contributed by atoms with Crippen molar-refractivity contribution in [1.82, 2.24) is 4.90 Å². The molecule has 0 bridgehead atoms. The Morgan fingerprint density at radius 1 is 1.27 bits per heavy atom. The molecule has 3 amide bonds. The van der Waals surface area contributed by atoms with Crippen molar-refractivity contribution in [2.45, 2.75) is 0 Å². The van der Waals surface area contributed by atoms with Gasteiger partial charge in [-0.15, -0.1) is 0 Å². The molecule has 154 valence electrons. The summed E-state index contributed by atoms with van der Waals surface area (Å²) in [6, 6.07) is 9.10. The van der Waals surface area contributed by atoms with Gasteiger partial charge in [-0.25, -0.2) is 4.39 Å². The molecule has 30 heavy (non-hydrogen) atoms. The molecule has 1 aliphatic heterocycles. The highest BCUT2D eigenvalue weighted by Crippen LogP contribution is 2.34. The van der Waals surface area contributed by atoms with Gasteiger partial charge in [-0.05, 0) is 53.7 Å². The zero-order valence-corrected chi connectivity index (χ0v) is 16.3. The molecular weight excluding hydrogens is 417 g/mol. The van der Waals surface area contributed by atoms with Crippen molar-refractivity contribution in [2.24, 2.45) is 0 Å². The normalized spacial score (nSPS) is 14.9. The topological polar surface area (TPSA) is 119 Å². The van der Waals surface area contributed by atoms with E-state index in [1.807, 2.05) is 0 Å². The van der Waals surface area contributed by atoms with E-state index in [0.29, 0.717) is 23.0 Å². The maximum absolute atomic E-state index is 12.9. The van der Waals surface area contributed by atoms with E-state index in [0.717, 1.165) is 17.0 Å². The first-order valence-electron chi connectivity index (χ1n) is 8.41. The van der Waals surface area contributed by atoms with Crippen LogP contribution in [0, 0.1) is 15.9 Å². The second-order valence-electron chi connectivity index (χ2n) is 6.01. The zero-order chi connectivity index (χ0) is 21.8. The standard InChI is InChI=1S/C19H14FN3O6S/c1-29-15-7-2-11(8-14(15)23(27)28)9-16-18(25)22(19(26)30-16)10-17(24)21-13-5-3-12(20)4-6-13/h2-9H,10H2,1H3,(H,21,24)/b16-9+. The number of nitrogens with zero attached hydrogens (tertiary/aromatic N) is 2. The fourth-order valence-corrected chi connectivity index (χ4v) is 3.44. The minimum absolute atomic E-state index is 0.0223. The highest BCUT2D eigenvalue weighted by Gasteiger charge is 2.36. The predicted octanol–water partition coefficient (Wildman–Crippen LogP) is 3.42. The Morgan fingerprint density at radius 2 is 1.97 bits per heavy atom. The van der Waals surface area contributed by atoms with E-state index in [9.17, 15) is 28.9 Å². The Balaban J connectivity index is 1.74. The number of carbonyl (C=O) groups is 3. The number of amides is 3. The number of nitro benzene ring substituents is 1. The van der Waals surface area contributed by atoms with Crippen LogP contribution in [0.25, 0.3) is 6.08 Å². The molecule has 3 rings (SSSR count). The Bertz CT molecular complexity index is 1070. The van der Waals surface area contributed by atoms with Crippen molar-refractivity contribution >= 4 is 46.3 Å². The van der Waals surface area contributed by atoms with E-state index in [4.69, 9.17) is 4.74 Å². The molecule has 11 heteroatoms. The van der Waals surface area contributed by atoms with E-state index in [2.05, 4.69) is 5.32 Å². The molecule has 1 N–H and O–H groups in total. The SMILES string of the molecule is COc1ccc(/C=C2/SC(=O)N(CC(=O)Nc3ccc(F)cc3)C2=O)cc1[N+](=O)[O-]. The molecule has 0 unspecified atom stereocenters. The third kappa shape index (κ3) is 4.63. The van der Waals surface area contributed by atoms with Gasteiger partial charge in [0.05, 0.1) is 16.9 Å². The van der Waals surface area contributed by atoms with Crippen molar-refractivity contribution < 1.29 is 28.4 Å². The van der Waals surface area contributed by atoms with Gasteiger partial charge in [0, 0.05) is 11.8 Å². The van der Waals surface area contributed by atoms with E-state index in [-0.39, 0.29) is 16.3 Å². The number of thioether (sulfide) groups is 1. The van der Waals surface area contributed by atoms with E-state index in [1.54, 1.807) is 0 Å². The summed E-state index contributed by atoms with van der Waals surface area (Å²) in [6.45, 7) is -0.526. The molecule has 2 aromatic rings. The average Bonchev–Trinajstić information content (AvgIpc) is 2.97. The van der Waals surface area contributed by atoms with Crippen LogP contribution >= 0.6 is 11.8 Å². The molecule has 9 nitrogen and oxygen atoms in total. The molecule has 1 saturated heterocycles. The minimum Gasteiger partial charge on any atom is -0.490 e. The largest absolute Gasteiger partial charge is 0.490 e.